The van der Waals surface area contributed by atoms with Gasteiger partial charge in [-0.15, -0.1) is 0 Å². The maximum absolute atomic E-state index is 4.29. The van der Waals surface area contributed by atoms with Crippen molar-refractivity contribution in [1.29, 1.82) is 0 Å². The number of anilines is 1. The van der Waals surface area contributed by atoms with Gasteiger partial charge in [0.2, 0.25) is 0 Å². The summed E-state index contributed by atoms with van der Waals surface area (Å²) in [6.45, 7) is 7.25. The first kappa shape index (κ1) is 11.0. The molecule has 14 heavy (non-hydrogen) atoms. The number of hydrogen-bond acceptors (Lipinski definition) is 3. The third-order valence-electron chi connectivity index (χ3n) is 1.91. The Bertz CT molecular complexity index is 289. The quantitative estimate of drug-likeness (QED) is 0.771. The average Bonchev–Trinajstić information content (AvgIpc) is 2.14. The van der Waals surface area contributed by atoms with Crippen LogP contribution in [0.15, 0.2) is 18.3 Å². The second kappa shape index (κ2) is 4.42. The molecule has 0 fully saturated rings. The highest BCUT2D eigenvalue weighted by Crippen LogP contribution is 2.08. The van der Waals surface area contributed by atoms with E-state index in [1.807, 2.05) is 19.3 Å². The molecule has 2 N–H and O–H groups in total. The van der Waals surface area contributed by atoms with E-state index in [9.17, 15) is 0 Å². The van der Waals surface area contributed by atoms with E-state index in [2.05, 4.69) is 42.5 Å². The summed E-state index contributed by atoms with van der Waals surface area (Å²) in [6, 6.07) is 4.01. The van der Waals surface area contributed by atoms with E-state index in [0.29, 0.717) is 0 Å². The molecule has 0 radical (unpaired) electrons. The van der Waals surface area contributed by atoms with Gasteiger partial charge < -0.3 is 10.6 Å². The molecule has 1 aromatic rings. The maximum Gasteiger partial charge on any atom is 0.0562 e. The molecule has 0 saturated heterocycles. The predicted octanol–water partition coefficient (Wildman–Crippen LogP) is 2.01. The summed E-state index contributed by atoms with van der Waals surface area (Å²) in [7, 11) is 1.91. The van der Waals surface area contributed by atoms with Gasteiger partial charge in [0.25, 0.3) is 0 Å². The second-order valence-corrected chi connectivity index (χ2v) is 4.39. The van der Waals surface area contributed by atoms with Crippen molar-refractivity contribution >= 4 is 5.69 Å². The lowest BCUT2D eigenvalue weighted by atomic mass is 10.1. The minimum absolute atomic E-state index is 0.136. The van der Waals surface area contributed by atoms with Gasteiger partial charge in [0.1, 0.15) is 0 Å². The molecule has 0 aliphatic carbocycles. The van der Waals surface area contributed by atoms with Crippen molar-refractivity contribution in [2.75, 3.05) is 12.4 Å². The van der Waals surface area contributed by atoms with Crippen molar-refractivity contribution in [2.24, 2.45) is 0 Å². The predicted molar refractivity (Wildman–Crippen MR) is 60.4 cm³/mol. The fourth-order valence-corrected chi connectivity index (χ4v) is 1.09. The van der Waals surface area contributed by atoms with Crippen LogP contribution in [0.1, 0.15) is 26.5 Å². The van der Waals surface area contributed by atoms with Gasteiger partial charge >= 0.3 is 0 Å². The van der Waals surface area contributed by atoms with Gasteiger partial charge in [0.15, 0.2) is 0 Å². The summed E-state index contributed by atoms with van der Waals surface area (Å²) in [5, 5.41) is 6.50. The van der Waals surface area contributed by atoms with Crippen LogP contribution in [0.2, 0.25) is 0 Å². The highest BCUT2D eigenvalue weighted by atomic mass is 15.0. The van der Waals surface area contributed by atoms with Crippen LogP contribution >= 0.6 is 0 Å². The molecule has 3 nitrogen and oxygen atoms in total. The number of aromatic nitrogens is 1. The number of pyridine rings is 1. The van der Waals surface area contributed by atoms with Gasteiger partial charge in [-0.1, -0.05) is 0 Å². The molecule has 0 saturated carbocycles. The molecular formula is C11H19N3. The van der Waals surface area contributed by atoms with Crippen molar-refractivity contribution < 1.29 is 0 Å². The summed E-state index contributed by atoms with van der Waals surface area (Å²) < 4.78 is 0. The largest absolute Gasteiger partial charge is 0.388 e. The molecule has 1 aromatic heterocycles. The van der Waals surface area contributed by atoms with Gasteiger partial charge in [-0.3, -0.25) is 4.98 Å². The normalized spacial score (nSPS) is 11.4. The van der Waals surface area contributed by atoms with E-state index in [-0.39, 0.29) is 5.54 Å². The van der Waals surface area contributed by atoms with Gasteiger partial charge in [0.05, 0.1) is 5.69 Å². The zero-order chi connectivity index (χ0) is 10.6. The Kier molecular flexibility index (Phi) is 3.47. The molecule has 0 aliphatic heterocycles. The zero-order valence-corrected chi connectivity index (χ0v) is 9.39. The number of hydrogen-bond donors (Lipinski definition) is 2. The van der Waals surface area contributed by atoms with Gasteiger partial charge in [-0.2, -0.15) is 0 Å². The fourth-order valence-electron chi connectivity index (χ4n) is 1.09. The minimum atomic E-state index is 0.136. The average molecular weight is 193 g/mol. The Morgan fingerprint density at radius 3 is 2.64 bits per heavy atom. The summed E-state index contributed by atoms with van der Waals surface area (Å²) in [6.07, 6.45) is 1.82. The monoisotopic (exact) mass is 193 g/mol. The third kappa shape index (κ3) is 3.75. The van der Waals surface area contributed by atoms with Gasteiger partial charge in [0, 0.05) is 31.0 Å². The number of nitrogens with one attached hydrogen (secondary N) is 2. The Morgan fingerprint density at radius 1 is 1.36 bits per heavy atom. The zero-order valence-electron chi connectivity index (χ0n) is 9.39. The van der Waals surface area contributed by atoms with E-state index in [0.717, 1.165) is 17.9 Å². The van der Waals surface area contributed by atoms with Gasteiger partial charge in [-0.25, -0.2) is 0 Å². The van der Waals surface area contributed by atoms with Crippen LogP contribution in [0.3, 0.4) is 0 Å². The van der Waals surface area contributed by atoms with E-state index in [1.54, 1.807) is 0 Å². The standard InChI is InChI=1S/C11H19N3/c1-11(2,3)14-8-10-7-9(12-4)5-6-13-10/h5-7,14H,8H2,1-4H3,(H,12,13). The van der Waals surface area contributed by atoms with Crippen molar-refractivity contribution in [2.45, 2.75) is 32.9 Å². The Labute approximate surface area is 85.9 Å². The minimum Gasteiger partial charge on any atom is -0.388 e. The Morgan fingerprint density at radius 2 is 2.07 bits per heavy atom. The molecule has 1 rings (SSSR count). The maximum atomic E-state index is 4.29. The highest BCUT2D eigenvalue weighted by molar-refractivity contribution is 5.42. The van der Waals surface area contributed by atoms with Crippen LogP contribution in [-0.4, -0.2) is 17.6 Å². The van der Waals surface area contributed by atoms with E-state index < -0.39 is 0 Å². The Balaban J connectivity index is 2.59. The molecular weight excluding hydrogens is 174 g/mol. The molecule has 0 spiro atoms. The lowest BCUT2D eigenvalue weighted by Crippen LogP contribution is -2.35. The first-order valence-electron chi connectivity index (χ1n) is 4.89. The topological polar surface area (TPSA) is 37.0 Å². The smallest absolute Gasteiger partial charge is 0.0562 e. The van der Waals surface area contributed by atoms with Crippen LogP contribution in [0.25, 0.3) is 0 Å². The van der Waals surface area contributed by atoms with Crippen LogP contribution in [-0.2, 0) is 6.54 Å². The SMILES string of the molecule is CNc1ccnc(CNC(C)(C)C)c1. The second-order valence-electron chi connectivity index (χ2n) is 4.39. The van der Waals surface area contributed by atoms with Crippen LogP contribution in [0.5, 0.6) is 0 Å². The molecule has 0 bridgehead atoms. The van der Waals surface area contributed by atoms with E-state index >= 15 is 0 Å². The van der Waals surface area contributed by atoms with Crippen LogP contribution in [0.4, 0.5) is 5.69 Å². The molecule has 3 heteroatoms. The number of rotatable bonds is 3. The molecule has 1 heterocycles. The molecule has 0 aliphatic rings. The lowest BCUT2D eigenvalue weighted by molar-refractivity contribution is 0.421. The highest BCUT2D eigenvalue weighted by Gasteiger charge is 2.08. The Hall–Kier alpha value is -1.09. The molecule has 78 valence electrons. The van der Waals surface area contributed by atoms with Crippen molar-refractivity contribution in [3.63, 3.8) is 0 Å². The summed E-state index contributed by atoms with van der Waals surface area (Å²) >= 11 is 0. The molecule has 0 amide bonds. The van der Waals surface area contributed by atoms with Crippen LogP contribution in [0, 0.1) is 0 Å². The van der Waals surface area contributed by atoms with Crippen LogP contribution < -0.4 is 10.6 Å². The van der Waals surface area contributed by atoms with Crippen molar-refractivity contribution in [3.05, 3.63) is 24.0 Å². The van der Waals surface area contributed by atoms with Crippen molar-refractivity contribution in [3.8, 4) is 0 Å². The molecule has 0 atom stereocenters. The fraction of sp³-hybridized carbons (Fsp3) is 0.545. The summed E-state index contributed by atoms with van der Waals surface area (Å²) in [5.74, 6) is 0. The van der Waals surface area contributed by atoms with E-state index in [1.165, 1.54) is 0 Å². The first-order chi connectivity index (χ1) is 6.51. The van der Waals surface area contributed by atoms with Gasteiger partial charge in [-0.05, 0) is 32.9 Å². The first-order valence-corrected chi connectivity index (χ1v) is 4.89. The molecule has 0 unspecified atom stereocenters. The van der Waals surface area contributed by atoms with Crippen molar-refractivity contribution in [1.82, 2.24) is 10.3 Å². The summed E-state index contributed by atoms with van der Waals surface area (Å²) in [5.41, 5.74) is 2.30. The molecule has 0 aromatic carbocycles. The van der Waals surface area contributed by atoms with E-state index in [4.69, 9.17) is 0 Å². The summed E-state index contributed by atoms with van der Waals surface area (Å²) in [4.78, 5) is 4.29. The lowest BCUT2D eigenvalue weighted by Gasteiger charge is -2.20. The number of nitrogens with zero attached hydrogens (tertiary/aromatic N) is 1. The third-order valence-corrected chi connectivity index (χ3v) is 1.91.